The lowest BCUT2D eigenvalue weighted by molar-refractivity contribution is -0.803. The van der Waals surface area contributed by atoms with E-state index in [1.807, 2.05) is 0 Å². The molecule has 212 valence electrons. The van der Waals surface area contributed by atoms with E-state index in [9.17, 15) is 78.2 Å². The zero-order valence-corrected chi connectivity index (χ0v) is 18.1. The van der Waals surface area contributed by atoms with Gasteiger partial charge in [-0.1, -0.05) is 0 Å². The first-order chi connectivity index (χ1) is 16.5. The lowest BCUT2D eigenvalue weighted by Gasteiger charge is -2.32. The van der Waals surface area contributed by atoms with Gasteiger partial charge in [-0.05, 0) is 0 Å². The van der Waals surface area contributed by atoms with Gasteiger partial charge >= 0.3 is 29.6 Å². The molecule has 0 radical (unpaired) electrons. The van der Waals surface area contributed by atoms with Crippen LogP contribution in [0, 0.1) is 60.7 Å². The largest absolute Gasteiger partial charge is 0.534 e. The van der Waals surface area contributed by atoms with Crippen molar-refractivity contribution in [2.75, 3.05) is 26.4 Å². The van der Waals surface area contributed by atoms with Gasteiger partial charge in [-0.15, -0.1) is 17.6 Å². The van der Waals surface area contributed by atoms with Crippen molar-refractivity contribution in [3.63, 3.8) is 0 Å². The molecule has 22 nitrogen and oxygen atoms in total. The third kappa shape index (κ3) is 7.98. The van der Waals surface area contributed by atoms with Crippen LogP contribution in [-0.2, 0) is 18.9 Å². The van der Waals surface area contributed by atoms with Crippen molar-refractivity contribution in [3.05, 3.63) is 60.7 Å². The molecular formula is C11H14F4N6O16. The van der Waals surface area contributed by atoms with E-state index < -0.39 is 85.5 Å². The Kier molecular flexibility index (Phi) is 10.1. The predicted octanol–water partition coefficient (Wildman–Crippen LogP) is -0.0577. The predicted molar refractivity (Wildman–Crippen MR) is 95.2 cm³/mol. The number of ether oxygens (including phenoxy) is 4. The van der Waals surface area contributed by atoms with E-state index in [2.05, 4.69) is 18.9 Å². The molecule has 0 rings (SSSR count). The Morgan fingerprint density at radius 2 is 0.703 bits per heavy atom. The molecule has 0 N–H and O–H groups in total. The van der Waals surface area contributed by atoms with E-state index in [1.165, 1.54) is 0 Å². The lowest BCUT2D eigenvalue weighted by Crippen LogP contribution is -2.57. The second-order valence-electron chi connectivity index (χ2n) is 6.96. The van der Waals surface area contributed by atoms with Crippen LogP contribution in [0.4, 0.5) is 17.6 Å². The summed E-state index contributed by atoms with van der Waals surface area (Å²) in [5.41, 5.74) is -7.04. The minimum absolute atomic E-state index is 0.174. The van der Waals surface area contributed by atoms with E-state index >= 15 is 0 Å². The maximum atomic E-state index is 13.5. The molecule has 0 saturated carbocycles. The van der Waals surface area contributed by atoms with Crippen molar-refractivity contribution in [3.8, 4) is 0 Å². The number of hydrogen-bond donors (Lipinski definition) is 0. The average molecular weight is 562 g/mol. The highest BCUT2D eigenvalue weighted by Crippen LogP contribution is 2.29. The summed E-state index contributed by atoms with van der Waals surface area (Å²) in [6, 6.07) is -10.4. The number of nitrogens with zero attached hydrogens (tertiary/aromatic N) is 6. The first-order valence-corrected chi connectivity index (χ1v) is 8.67. The van der Waals surface area contributed by atoms with Crippen molar-refractivity contribution in [1.29, 1.82) is 0 Å². The van der Waals surface area contributed by atoms with Crippen LogP contribution in [-0.4, -0.2) is 85.5 Å². The molecule has 0 aromatic carbocycles. The first kappa shape index (κ1) is 33.0. The van der Waals surface area contributed by atoms with Crippen molar-refractivity contribution >= 4 is 0 Å². The molecule has 0 heterocycles. The SMILES string of the molecule is CC(COC(OCC(F)(F)[N+](=O)[O-])(OCC(F)(F)[N+](=O)[O-])OCC(C)([N+](=O)[O-])[N+](=O)[O-])([N+](=O)[O-])[N+](=O)[O-]. The normalized spacial score (nSPS) is 13.1. The number of hydrogen-bond acceptors (Lipinski definition) is 16. The Hall–Kier alpha value is -4.04. The minimum atomic E-state index is -5.20. The van der Waals surface area contributed by atoms with Crippen LogP contribution in [0.1, 0.15) is 13.8 Å². The summed E-state index contributed by atoms with van der Waals surface area (Å²) in [5.74, 6) is 0. The van der Waals surface area contributed by atoms with Gasteiger partial charge in [0.15, 0.2) is 26.4 Å². The second kappa shape index (κ2) is 11.3. The summed E-state index contributed by atoms with van der Waals surface area (Å²) in [6.07, 6.45) is -4.35. The monoisotopic (exact) mass is 562 g/mol. The maximum Gasteiger partial charge on any atom is 0.534 e. The molecule has 0 spiro atoms. The van der Waals surface area contributed by atoms with Gasteiger partial charge in [-0.3, -0.25) is 79.6 Å². The number of alkyl halides is 4. The van der Waals surface area contributed by atoms with Crippen molar-refractivity contribution in [1.82, 2.24) is 0 Å². The van der Waals surface area contributed by atoms with E-state index in [0.717, 1.165) is 0 Å². The molecule has 0 aliphatic carbocycles. The third-order valence-electron chi connectivity index (χ3n) is 4.00. The lowest BCUT2D eigenvalue weighted by atomic mass is 10.2. The summed E-state index contributed by atoms with van der Waals surface area (Å²) in [7, 11) is 0. The van der Waals surface area contributed by atoms with E-state index in [4.69, 9.17) is 0 Å². The third-order valence-corrected chi connectivity index (χ3v) is 4.00. The fourth-order valence-electron chi connectivity index (χ4n) is 1.50. The molecule has 0 fully saturated rings. The van der Waals surface area contributed by atoms with Crippen LogP contribution < -0.4 is 0 Å². The van der Waals surface area contributed by atoms with Crippen LogP contribution in [0.2, 0.25) is 0 Å². The number of halogens is 4. The Labute approximate surface area is 197 Å². The Morgan fingerprint density at radius 1 is 0.486 bits per heavy atom. The van der Waals surface area contributed by atoms with E-state index in [-0.39, 0.29) is 13.8 Å². The summed E-state index contributed by atoms with van der Waals surface area (Å²) in [4.78, 5) is 53.5. The molecule has 0 aromatic heterocycles. The molecule has 0 aliphatic rings. The molecule has 0 atom stereocenters. The van der Waals surface area contributed by atoms with Gasteiger partial charge in [0, 0.05) is 0 Å². The van der Waals surface area contributed by atoms with Gasteiger partial charge in [0.2, 0.25) is 0 Å². The van der Waals surface area contributed by atoms with Crippen molar-refractivity contribution < 1.29 is 66.0 Å². The molecule has 0 aromatic rings. The highest BCUT2D eigenvalue weighted by Gasteiger charge is 2.60. The van der Waals surface area contributed by atoms with Gasteiger partial charge in [-0.2, -0.15) is 0 Å². The van der Waals surface area contributed by atoms with Gasteiger partial charge in [0.25, 0.3) is 0 Å². The molecule has 0 aliphatic heterocycles. The fraction of sp³-hybridized carbons (Fsp3) is 1.00. The van der Waals surface area contributed by atoms with Gasteiger partial charge in [0.05, 0.1) is 23.7 Å². The van der Waals surface area contributed by atoms with E-state index in [1.54, 1.807) is 0 Å². The Bertz CT molecular complexity index is 846. The number of nitro groups is 6. The maximum absolute atomic E-state index is 13.5. The first-order valence-electron chi connectivity index (χ1n) is 8.67. The van der Waals surface area contributed by atoms with E-state index in [0.29, 0.717) is 0 Å². The van der Waals surface area contributed by atoms with Crippen LogP contribution in [0.25, 0.3) is 0 Å². The summed E-state index contributed by atoms with van der Waals surface area (Å²) >= 11 is 0. The van der Waals surface area contributed by atoms with Crippen LogP contribution in [0.15, 0.2) is 0 Å². The fourth-order valence-corrected chi connectivity index (χ4v) is 1.50. The smallest absolute Gasteiger partial charge is 0.289 e. The van der Waals surface area contributed by atoms with Gasteiger partial charge in [-0.25, -0.2) is 0 Å². The molecule has 37 heavy (non-hydrogen) atoms. The Balaban J connectivity index is 6.68. The van der Waals surface area contributed by atoms with Gasteiger partial charge < -0.3 is 0 Å². The summed E-state index contributed by atoms with van der Waals surface area (Å²) in [5, 5.41) is 65.1. The quantitative estimate of drug-likeness (QED) is 0.0694. The topological polar surface area (TPSA) is 296 Å². The summed E-state index contributed by atoms with van der Waals surface area (Å²) in [6.45, 7) is -9.10. The highest BCUT2D eigenvalue weighted by molar-refractivity contribution is 4.65. The average Bonchev–Trinajstić information content (AvgIpc) is 2.76. The van der Waals surface area contributed by atoms with Crippen molar-refractivity contribution in [2.24, 2.45) is 0 Å². The molecule has 0 unspecified atom stereocenters. The van der Waals surface area contributed by atoms with Crippen LogP contribution in [0.3, 0.4) is 0 Å². The Morgan fingerprint density at radius 3 is 0.892 bits per heavy atom. The highest BCUT2D eigenvalue weighted by atomic mass is 19.3. The second-order valence-corrected chi connectivity index (χ2v) is 6.96. The molecule has 0 bridgehead atoms. The molecule has 0 amide bonds. The molecule has 0 saturated heterocycles. The van der Waals surface area contributed by atoms with Crippen LogP contribution in [0.5, 0.6) is 0 Å². The minimum Gasteiger partial charge on any atom is -0.289 e. The van der Waals surface area contributed by atoms with Crippen molar-refractivity contribution in [2.45, 2.75) is 43.4 Å². The standard InChI is InChI=1S/C11H14F4N6O16/c1-7(16(22)23,17(24)25)3-34-11(36-5-9(12,13)20(30)31,37-6-10(14,15)21(32)33)35-4-8(2,18(26)27)19(28)29/h3-6H2,1-2H3. The van der Waals surface area contributed by atoms with Gasteiger partial charge in [0.1, 0.15) is 19.7 Å². The number of rotatable bonds is 18. The molecular weight excluding hydrogens is 548 g/mol. The zero-order chi connectivity index (χ0) is 29.6. The zero-order valence-electron chi connectivity index (χ0n) is 18.1. The molecule has 26 heteroatoms. The summed E-state index contributed by atoms with van der Waals surface area (Å²) < 4.78 is 70.5. The van der Waals surface area contributed by atoms with Crippen LogP contribution >= 0.6 is 0 Å².